The zero-order chi connectivity index (χ0) is 35.6. The van der Waals surface area contributed by atoms with Crippen LogP contribution in [-0.4, -0.2) is 24.1 Å². The van der Waals surface area contributed by atoms with E-state index in [2.05, 4.69) is 137 Å². The molecule has 0 aliphatic heterocycles. The molecule has 8 aromatic carbocycles. The molecular weight excluding hydrogens is 659 g/mol. The first kappa shape index (κ1) is 30.3. The second kappa shape index (κ2) is 12.1. The van der Waals surface area contributed by atoms with Gasteiger partial charge < -0.3 is 9.13 Å². The van der Waals surface area contributed by atoms with E-state index in [1.807, 2.05) is 60.7 Å². The van der Waals surface area contributed by atoms with Gasteiger partial charge in [-0.1, -0.05) is 133 Å². The van der Waals surface area contributed by atoms with E-state index in [0.29, 0.717) is 17.5 Å². The fourth-order valence-corrected chi connectivity index (χ4v) is 8.02. The van der Waals surface area contributed by atoms with Crippen LogP contribution in [0.25, 0.3) is 100 Å². The van der Waals surface area contributed by atoms with Crippen molar-refractivity contribution in [3.8, 4) is 56.7 Å². The Morgan fingerprint density at radius 1 is 0.352 bits per heavy atom. The minimum Gasteiger partial charge on any atom is -0.316 e. The average Bonchev–Trinajstić information content (AvgIpc) is 3.84. The first-order valence-corrected chi connectivity index (χ1v) is 18.2. The molecule has 0 radical (unpaired) electrons. The zero-order valence-electron chi connectivity index (χ0n) is 29.1. The Morgan fingerprint density at radius 2 is 0.944 bits per heavy atom. The molecule has 0 aliphatic carbocycles. The number of para-hydroxylation sites is 1. The molecule has 5 heteroatoms. The number of rotatable bonds is 6. The summed E-state index contributed by atoms with van der Waals surface area (Å²) in [5, 5.41) is 6.34. The lowest BCUT2D eigenvalue weighted by molar-refractivity contribution is 1.07. The number of hydrogen-bond acceptors (Lipinski definition) is 3. The monoisotopic (exact) mass is 689 g/mol. The summed E-state index contributed by atoms with van der Waals surface area (Å²) < 4.78 is 4.74. The Balaban J connectivity index is 1.04. The SMILES string of the molecule is c1ccc(-c2nc(-c3ccccc3)nc(-c3cccc(-c4ccc(-n5c6cccc7ccc8cc9c(ccn9-c9ccccc9)c5c8c76)cc4)c3)n2)cc1. The van der Waals surface area contributed by atoms with Gasteiger partial charge in [-0.05, 0) is 70.4 Å². The molecule has 0 spiro atoms. The summed E-state index contributed by atoms with van der Waals surface area (Å²) >= 11 is 0. The molecule has 11 rings (SSSR count). The Labute approximate surface area is 311 Å². The number of nitrogens with zero attached hydrogens (tertiary/aromatic N) is 5. The van der Waals surface area contributed by atoms with Crippen molar-refractivity contribution in [2.45, 2.75) is 0 Å². The van der Waals surface area contributed by atoms with Gasteiger partial charge in [0.2, 0.25) is 0 Å². The minimum absolute atomic E-state index is 0.642. The van der Waals surface area contributed by atoms with Crippen LogP contribution in [0.15, 0.2) is 188 Å². The van der Waals surface area contributed by atoms with E-state index in [0.717, 1.165) is 39.2 Å². The first-order chi connectivity index (χ1) is 26.8. The summed E-state index contributed by atoms with van der Waals surface area (Å²) in [5.74, 6) is 1.95. The summed E-state index contributed by atoms with van der Waals surface area (Å²) in [6.45, 7) is 0. The molecular formula is C49H31N5. The first-order valence-electron chi connectivity index (χ1n) is 18.2. The lowest BCUT2D eigenvalue weighted by atomic mass is 10.0. The quantitative estimate of drug-likeness (QED) is 0.163. The van der Waals surface area contributed by atoms with Gasteiger partial charge in [0.25, 0.3) is 0 Å². The standard InChI is InChI=1S/C49H31N5/c1-4-12-34(13-5-1)47-50-48(35-14-6-2-7-15-35)52-49(51-47)38-18-10-17-36(30-38)32-24-26-40(27-25-32)54-42-21-11-16-33-22-23-37-31-43-41(46(54)45(37)44(33)42)28-29-53(43)39-19-8-3-9-20-39/h1-31H. The van der Waals surface area contributed by atoms with Gasteiger partial charge in [0.05, 0.1) is 16.6 Å². The summed E-state index contributed by atoms with van der Waals surface area (Å²) in [7, 11) is 0. The van der Waals surface area contributed by atoms with Crippen LogP contribution in [-0.2, 0) is 0 Å². The summed E-state index contributed by atoms with van der Waals surface area (Å²) in [5.41, 5.74) is 11.0. The highest BCUT2D eigenvalue weighted by Crippen LogP contribution is 2.43. The predicted molar refractivity (Wildman–Crippen MR) is 221 cm³/mol. The number of aromatic nitrogens is 5. The van der Waals surface area contributed by atoms with Gasteiger partial charge in [0.15, 0.2) is 17.5 Å². The molecule has 0 saturated carbocycles. The molecule has 0 atom stereocenters. The van der Waals surface area contributed by atoms with Gasteiger partial charge >= 0.3 is 0 Å². The molecule has 0 N–H and O–H groups in total. The highest BCUT2D eigenvalue weighted by atomic mass is 15.0. The van der Waals surface area contributed by atoms with Gasteiger partial charge in [0.1, 0.15) is 0 Å². The van der Waals surface area contributed by atoms with E-state index >= 15 is 0 Å². The van der Waals surface area contributed by atoms with Crippen molar-refractivity contribution >= 4 is 43.5 Å². The zero-order valence-corrected chi connectivity index (χ0v) is 29.1. The number of fused-ring (bicyclic) bond motifs is 2. The van der Waals surface area contributed by atoms with Gasteiger partial charge in [-0.15, -0.1) is 0 Å². The second-order valence-corrected chi connectivity index (χ2v) is 13.7. The van der Waals surface area contributed by atoms with E-state index in [9.17, 15) is 0 Å². The largest absolute Gasteiger partial charge is 0.316 e. The third-order valence-electron chi connectivity index (χ3n) is 10.5. The maximum atomic E-state index is 4.97. The van der Waals surface area contributed by atoms with E-state index in [1.165, 1.54) is 43.5 Å². The van der Waals surface area contributed by atoms with Gasteiger partial charge in [0, 0.05) is 50.4 Å². The summed E-state index contributed by atoms with van der Waals surface area (Å²) in [4.78, 5) is 14.8. The Hall–Kier alpha value is -7.37. The normalized spacial score (nSPS) is 11.7. The molecule has 0 amide bonds. The van der Waals surface area contributed by atoms with Crippen LogP contribution >= 0.6 is 0 Å². The van der Waals surface area contributed by atoms with Crippen LogP contribution in [0.4, 0.5) is 0 Å². The molecule has 0 saturated heterocycles. The average molecular weight is 690 g/mol. The van der Waals surface area contributed by atoms with Crippen molar-refractivity contribution in [1.29, 1.82) is 0 Å². The van der Waals surface area contributed by atoms with E-state index < -0.39 is 0 Å². The smallest absolute Gasteiger partial charge is 0.164 e. The van der Waals surface area contributed by atoms with Crippen LogP contribution in [0.2, 0.25) is 0 Å². The van der Waals surface area contributed by atoms with E-state index in [4.69, 9.17) is 15.0 Å². The maximum Gasteiger partial charge on any atom is 0.164 e. The molecule has 252 valence electrons. The van der Waals surface area contributed by atoms with Crippen molar-refractivity contribution < 1.29 is 0 Å². The Kier molecular flexibility index (Phi) is 6.79. The molecule has 0 bridgehead atoms. The second-order valence-electron chi connectivity index (χ2n) is 13.7. The third-order valence-corrected chi connectivity index (χ3v) is 10.5. The molecule has 0 unspecified atom stereocenters. The van der Waals surface area contributed by atoms with E-state index in [1.54, 1.807) is 0 Å². The van der Waals surface area contributed by atoms with Crippen molar-refractivity contribution in [2.24, 2.45) is 0 Å². The van der Waals surface area contributed by atoms with Crippen LogP contribution in [0.1, 0.15) is 0 Å². The minimum atomic E-state index is 0.642. The van der Waals surface area contributed by atoms with Crippen molar-refractivity contribution in [1.82, 2.24) is 24.1 Å². The van der Waals surface area contributed by atoms with Crippen LogP contribution in [0.3, 0.4) is 0 Å². The number of benzene rings is 8. The highest BCUT2D eigenvalue weighted by Gasteiger charge is 2.21. The molecule has 54 heavy (non-hydrogen) atoms. The molecule has 5 nitrogen and oxygen atoms in total. The van der Waals surface area contributed by atoms with E-state index in [-0.39, 0.29) is 0 Å². The van der Waals surface area contributed by atoms with Crippen LogP contribution < -0.4 is 0 Å². The molecule has 3 heterocycles. The molecule has 0 fully saturated rings. The van der Waals surface area contributed by atoms with Gasteiger partial charge in [-0.2, -0.15) is 0 Å². The lowest BCUT2D eigenvalue weighted by Crippen LogP contribution is -2.00. The maximum absolute atomic E-state index is 4.97. The van der Waals surface area contributed by atoms with Gasteiger partial charge in [-0.25, -0.2) is 15.0 Å². The fourth-order valence-electron chi connectivity index (χ4n) is 8.02. The van der Waals surface area contributed by atoms with Crippen LogP contribution in [0, 0.1) is 0 Å². The molecule has 3 aromatic heterocycles. The molecule has 11 aromatic rings. The third kappa shape index (κ3) is 4.83. The Bertz CT molecular complexity index is 3070. The summed E-state index contributed by atoms with van der Waals surface area (Å²) in [6, 6.07) is 64.0. The van der Waals surface area contributed by atoms with Crippen LogP contribution in [0.5, 0.6) is 0 Å². The summed E-state index contributed by atoms with van der Waals surface area (Å²) in [6.07, 6.45) is 2.20. The van der Waals surface area contributed by atoms with Crippen molar-refractivity contribution in [2.75, 3.05) is 0 Å². The van der Waals surface area contributed by atoms with Crippen molar-refractivity contribution in [3.05, 3.63) is 188 Å². The fraction of sp³-hybridized carbons (Fsp3) is 0. The topological polar surface area (TPSA) is 48.5 Å². The lowest BCUT2D eigenvalue weighted by Gasteiger charge is -2.12. The molecule has 0 aliphatic rings. The Morgan fingerprint density at radius 3 is 1.65 bits per heavy atom. The van der Waals surface area contributed by atoms with Gasteiger partial charge in [-0.3, -0.25) is 0 Å². The highest BCUT2D eigenvalue weighted by molar-refractivity contribution is 6.30. The predicted octanol–water partition coefficient (Wildman–Crippen LogP) is 12.2. The van der Waals surface area contributed by atoms with Crippen molar-refractivity contribution in [3.63, 3.8) is 0 Å². The number of hydrogen-bond donors (Lipinski definition) is 0.